The lowest BCUT2D eigenvalue weighted by Gasteiger charge is -2.34. The van der Waals surface area contributed by atoms with E-state index in [0.29, 0.717) is 12.8 Å². The maximum Gasteiger partial charge on any atom is 0.306 e. The molecule has 2 atom stereocenters. The molecule has 0 rings (SSSR count). The third-order valence-corrected chi connectivity index (χ3v) is 10.6. The molecule has 0 aromatic heterocycles. The molecule has 0 radical (unpaired) electrons. The van der Waals surface area contributed by atoms with Crippen molar-refractivity contribution in [1.82, 2.24) is 0 Å². The zero-order valence-corrected chi connectivity index (χ0v) is 42.3. The quantitative estimate of drug-likeness (QED) is 0.0260. The van der Waals surface area contributed by atoms with E-state index >= 15 is 0 Å². The number of unbranched alkanes of at least 4 members (excludes halogenated alkanes) is 10. The first-order chi connectivity index (χ1) is 32.1. The molecule has 0 saturated heterocycles. The second-order valence-electron chi connectivity index (χ2n) is 17.6. The minimum atomic E-state index is -1.14. The Morgan fingerprint density at radius 3 is 1.20 bits per heavy atom. The van der Waals surface area contributed by atoms with Gasteiger partial charge in [0, 0.05) is 19.3 Å². The summed E-state index contributed by atoms with van der Waals surface area (Å²) < 4.78 is 17.2. The number of ether oxygens (including phenoxy) is 3. The van der Waals surface area contributed by atoms with Crippen molar-refractivity contribution in [1.29, 1.82) is 0 Å². The number of carboxylic acid groups (broad SMARTS) is 1. The van der Waals surface area contributed by atoms with E-state index in [1.165, 1.54) is 19.3 Å². The van der Waals surface area contributed by atoms with E-state index in [4.69, 9.17) is 14.2 Å². The predicted octanol–water partition coefficient (Wildman–Crippen LogP) is 13.6. The van der Waals surface area contributed by atoms with E-state index in [-0.39, 0.29) is 42.7 Å². The minimum Gasteiger partial charge on any atom is -0.544 e. The van der Waals surface area contributed by atoms with Crippen LogP contribution in [0.3, 0.4) is 0 Å². The Hall–Kier alpha value is -4.27. The molecule has 0 aliphatic rings. The normalized spacial score (nSPS) is 13.9. The van der Waals surface area contributed by atoms with Crippen molar-refractivity contribution in [2.75, 3.05) is 41.0 Å². The van der Waals surface area contributed by atoms with Gasteiger partial charge in [0.25, 0.3) is 0 Å². The highest BCUT2D eigenvalue weighted by Crippen LogP contribution is 2.13. The maximum atomic E-state index is 12.8. The third-order valence-electron chi connectivity index (χ3n) is 10.6. The second-order valence-corrected chi connectivity index (χ2v) is 17.6. The van der Waals surface area contributed by atoms with Crippen LogP contribution in [0.15, 0.2) is 122 Å². The van der Waals surface area contributed by atoms with Crippen molar-refractivity contribution in [2.45, 2.75) is 187 Å². The number of nitrogens with zero attached hydrogens (tertiary/aromatic N) is 1. The largest absolute Gasteiger partial charge is 0.544 e. The zero-order valence-electron chi connectivity index (χ0n) is 42.3. The van der Waals surface area contributed by atoms with Gasteiger partial charge in [-0.1, -0.05) is 174 Å². The number of allylic oxidation sites excluding steroid dienone is 20. The molecule has 0 spiro atoms. The van der Waals surface area contributed by atoms with Crippen molar-refractivity contribution in [3.63, 3.8) is 0 Å². The SMILES string of the molecule is CC/C=C/C/C=C/C/C=C/C/C=C/C/C=C/C/C=C/CCCCCC(=O)OCC(COCCC(C(=O)[O-])[N+](C)(C)C)OC(=O)CCCCCCCCC/C=C/C/C=C/C/C=C/C/C=C/CC. The van der Waals surface area contributed by atoms with Gasteiger partial charge in [-0.05, 0) is 103 Å². The van der Waals surface area contributed by atoms with Crippen LogP contribution in [0.2, 0.25) is 0 Å². The molecule has 0 bridgehead atoms. The smallest absolute Gasteiger partial charge is 0.306 e. The predicted molar refractivity (Wildman–Crippen MR) is 277 cm³/mol. The third kappa shape index (κ3) is 44.9. The summed E-state index contributed by atoms with van der Waals surface area (Å²) in [5.41, 5.74) is 0. The highest BCUT2D eigenvalue weighted by atomic mass is 16.6. The van der Waals surface area contributed by atoms with Crippen LogP contribution in [0.1, 0.15) is 174 Å². The molecule has 66 heavy (non-hydrogen) atoms. The monoisotopic (exact) mass is 916 g/mol. The van der Waals surface area contributed by atoms with Gasteiger partial charge in [0.05, 0.1) is 40.3 Å². The standard InChI is InChI=1S/C58H93NO7/c1-6-8-10-12-14-16-18-20-22-24-26-28-29-31-32-34-36-38-40-42-44-46-48-56(60)65-53-54(52-64-51-50-55(58(62)63)59(3,4)5)66-57(61)49-47-45-43-41-39-37-35-33-30-27-25-23-21-19-17-15-13-11-9-7-2/h8-11,14-17,20-23,26-28,30-32,36,38,54-55H,6-7,12-13,18-19,24-25,29,33-35,37,39-53H2,1-5H3/b10-8+,11-9+,16-14+,17-15+,22-20+,23-21+,28-26+,30-27+,32-31+,38-36+. The Balaban J connectivity index is 4.37. The lowest BCUT2D eigenvalue weighted by molar-refractivity contribution is -0.889. The first-order valence-corrected chi connectivity index (χ1v) is 25.6. The molecule has 2 unspecified atom stereocenters. The van der Waals surface area contributed by atoms with Gasteiger partial charge < -0.3 is 28.6 Å². The highest BCUT2D eigenvalue weighted by Gasteiger charge is 2.25. The Labute approximate surface area is 403 Å². The van der Waals surface area contributed by atoms with Crippen LogP contribution in [-0.4, -0.2) is 75.5 Å². The van der Waals surface area contributed by atoms with Crippen molar-refractivity contribution in [3.8, 4) is 0 Å². The topological polar surface area (TPSA) is 102 Å². The van der Waals surface area contributed by atoms with Gasteiger partial charge in [0.2, 0.25) is 0 Å². The number of rotatable bonds is 44. The number of carbonyl (C=O) groups excluding carboxylic acids is 3. The van der Waals surface area contributed by atoms with Crippen LogP contribution >= 0.6 is 0 Å². The average molecular weight is 916 g/mol. The molecule has 0 aromatic carbocycles. The van der Waals surface area contributed by atoms with Gasteiger partial charge in [0.15, 0.2) is 6.10 Å². The molecule has 0 fully saturated rings. The van der Waals surface area contributed by atoms with Gasteiger partial charge in [-0.3, -0.25) is 9.59 Å². The molecule has 0 aliphatic heterocycles. The van der Waals surface area contributed by atoms with Gasteiger partial charge in [0.1, 0.15) is 12.6 Å². The van der Waals surface area contributed by atoms with Gasteiger partial charge in [-0.2, -0.15) is 0 Å². The first-order valence-electron chi connectivity index (χ1n) is 25.6. The summed E-state index contributed by atoms with van der Waals surface area (Å²) in [6, 6.07) is -0.742. The summed E-state index contributed by atoms with van der Waals surface area (Å²) in [5.74, 6) is -1.81. The van der Waals surface area contributed by atoms with Crippen LogP contribution in [0, 0.1) is 0 Å². The summed E-state index contributed by atoms with van der Waals surface area (Å²) in [4.78, 5) is 37.1. The summed E-state index contributed by atoms with van der Waals surface area (Å²) in [6.45, 7) is 4.37. The molecular formula is C58H93NO7. The van der Waals surface area contributed by atoms with E-state index in [0.717, 1.165) is 122 Å². The fraction of sp³-hybridized carbons (Fsp3) is 0.603. The molecule has 8 heteroatoms. The van der Waals surface area contributed by atoms with Crippen molar-refractivity contribution < 1.29 is 38.2 Å². The molecule has 0 aromatic rings. The number of likely N-dealkylation sites (N-methyl/N-ethyl adjacent to an activating group) is 1. The Morgan fingerprint density at radius 1 is 0.455 bits per heavy atom. The number of esters is 2. The number of carboxylic acids is 1. The fourth-order valence-corrected chi connectivity index (χ4v) is 6.71. The van der Waals surface area contributed by atoms with Gasteiger partial charge >= 0.3 is 11.9 Å². The summed E-state index contributed by atoms with van der Waals surface area (Å²) >= 11 is 0. The van der Waals surface area contributed by atoms with E-state index in [9.17, 15) is 19.5 Å². The fourth-order valence-electron chi connectivity index (χ4n) is 6.71. The molecular weight excluding hydrogens is 823 g/mol. The van der Waals surface area contributed by atoms with Crippen molar-refractivity contribution in [3.05, 3.63) is 122 Å². The molecule has 0 N–H and O–H groups in total. The Bertz CT molecular complexity index is 1490. The first kappa shape index (κ1) is 61.7. The molecule has 0 saturated carbocycles. The molecule has 0 amide bonds. The Morgan fingerprint density at radius 2 is 0.803 bits per heavy atom. The van der Waals surface area contributed by atoms with Gasteiger partial charge in [-0.25, -0.2) is 0 Å². The van der Waals surface area contributed by atoms with Gasteiger partial charge in [-0.15, -0.1) is 0 Å². The zero-order chi connectivity index (χ0) is 48.4. The minimum absolute atomic E-state index is 0.0167. The molecule has 0 aliphatic carbocycles. The van der Waals surface area contributed by atoms with E-state index < -0.39 is 18.1 Å². The van der Waals surface area contributed by atoms with Crippen LogP contribution in [0.25, 0.3) is 0 Å². The van der Waals surface area contributed by atoms with Crippen molar-refractivity contribution >= 4 is 17.9 Å². The Kier molecular flexibility index (Phi) is 44.2. The second kappa shape index (κ2) is 47.2. The molecule has 372 valence electrons. The maximum absolute atomic E-state index is 12.8. The average Bonchev–Trinajstić information content (AvgIpc) is 3.28. The van der Waals surface area contributed by atoms with Crippen LogP contribution in [-0.2, 0) is 28.6 Å². The van der Waals surface area contributed by atoms with Crippen molar-refractivity contribution in [2.24, 2.45) is 0 Å². The van der Waals surface area contributed by atoms with E-state index in [2.05, 4.69) is 135 Å². The summed E-state index contributed by atoms with van der Waals surface area (Å²) in [6.07, 6.45) is 66.5. The summed E-state index contributed by atoms with van der Waals surface area (Å²) in [7, 11) is 5.39. The number of hydrogen-bond donors (Lipinski definition) is 0. The van der Waals surface area contributed by atoms with Crippen LogP contribution in [0.5, 0.6) is 0 Å². The highest BCUT2D eigenvalue weighted by molar-refractivity contribution is 5.70. The lowest BCUT2D eigenvalue weighted by atomic mass is 10.1. The van der Waals surface area contributed by atoms with Crippen LogP contribution in [0.4, 0.5) is 0 Å². The molecule has 8 nitrogen and oxygen atoms in total. The van der Waals surface area contributed by atoms with E-state index in [1.807, 2.05) is 0 Å². The number of carbonyl (C=O) groups is 3. The lowest BCUT2D eigenvalue weighted by Crippen LogP contribution is -2.55. The van der Waals surface area contributed by atoms with Crippen LogP contribution < -0.4 is 5.11 Å². The number of hydrogen-bond acceptors (Lipinski definition) is 7. The summed E-state index contributed by atoms with van der Waals surface area (Å²) in [5, 5.41) is 11.7. The number of aliphatic carboxylic acids is 1. The van der Waals surface area contributed by atoms with E-state index in [1.54, 1.807) is 21.1 Å². The molecule has 0 heterocycles. The number of quaternary nitrogens is 1.